The summed E-state index contributed by atoms with van der Waals surface area (Å²) in [6.45, 7) is 1.35. The molecular formula is C25H27NO5. The summed E-state index contributed by atoms with van der Waals surface area (Å²) in [7, 11) is 4.57. The third-order valence-corrected chi connectivity index (χ3v) is 4.88. The minimum absolute atomic E-state index is 0.266. The van der Waals surface area contributed by atoms with Crippen molar-refractivity contribution in [2.75, 3.05) is 21.3 Å². The molecule has 0 radical (unpaired) electrons. The highest BCUT2D eigenvalue weighted by molar-refractivity contribution is 5.97. The van der Waals surface area contributed by atoms with Gasteiger partial charge in [0.15, 0.2) is 11.5 Å². The molecule has 162 valence electrons. The number of hydrogen-bond donors (Lipinski definition) is 1. The van der Waals surface area contributed by atoms with Gasteiger partial charge < -0.3 is 24.3 Å². The normalized spacial score (nSPS) is 10.4. The van der Waals surface area contributed by atoms with Gasteiger partial charge in [0.2, 0.25) is 0 Å². The standard InChI is InChI=1S/C25H27NO5/c1-28-22-14-24(30-3)23(29-2)13-21(22)25(27)26-15-19-11-7-8-12-20(19)17-31-16-18-9-5-4-6-10-18/h4-14H,15-17H2,1-3H3,(H,26,27). The van der Waals surface area contributed by atoms with E-state index < -0.39 is 0 Å². The maximum absolute atomic E-state index is 12.9. The fourth-order valence-electron chi connectivity index (χ4n) is 3.20. The van der Waals surface area contributed by atoms with Crippen LogP contribution in [0, 0.1) is 0 Å². The van der Waals surface area contributed by atoms with Gasteiger partial charge in [0, 0.05) is 18.7 Å². The van der Waals surface area contributed by atoms with E-state index in [0.717, 1.165) is 16.7 Å². The van der Waals surface area contributed by atoms with Crippen LogP contribution in [0.1, 0.15) is 27.0 Å². The lowest BCUT2D eigenvalue weighted by molar-refractivity contribution is 0.0944. The van der Waals surface area contributed by atoms with E-state index in [4.69, 9.17) is 18.9 Å². The molecule has 0 heterocycles. The molecule has 6 nitrogen and oxygen atoms in total. The summed E-state index contributed by atoms with van der Waals surface area (Å²) in [4.78, 5) is 12.9. The van der Waals surface area contributed by atoms with E-state index in [1.165, 1.54) is 21.3 Å². The Morgan fingerprint density at radius 2 is 1.35 bits per heavy atom. The molecule has 0 fully saturated rings. The zero-order chi connectivity index (χ0) is 22.1. The van der Waals surface area contributed by atoms with Gasteiger partial charge in [-0.25, -0.2) is 0 Å². The minimum atomic E-state index is -0.266. The summed E-state index contributed by atoms with van der Waals surface area (Å²) in [6, 6.07) is 21.2. The molecule has 0 saturated carbocycles. The summed E-state index contributed by atoms with van der Waals surface area (Å²) in [5, 5.41) is 2.96. The van der Waals surface area contributed by atoms with Crippen molar-refractivity contribution in [1.82, 2.24) is 5.32 Å². The van der Waals surface area contributed by atoms with Crippen LogP contribution in [0.5, 0.6) is 17.2 Å². The second-order valence-corrected chi connectivity index (χ2v) is 6.84. The van der Waals surface area contributed by atoms with Crippen LogP contribution < -0.4 is 19.5 Å². The predicted molar refractivity (Wildman–Crippen MR) is 119 cm³/mol. The zero-order valence-electron chi connectivity index (χ0n) is 18.0. The van der Waals surface area contributed by atoms with Gasteiger partial charge in [0.1, 0.15) is 5.75 Å². The van der Waals surface area contributed by atoms with E-state index in [0.29, 0.717) is 42.6 Å². The molecule has 0 atom stereocenters. The van der Waals surface area contributed by atoms with Gasteiger partial charge in [-0.3, -0.25) is 4.79 Å². The Morgan fingerprint density at radius 3 is 2.03 bits per heavy atom. The van der Waals surface area contributed by atoms with E-state index in [9.17, 15) is 4.79 Å². The molecule has 3 aromatic rings. The smallest absolute Gasteiger partial charge is 0.255 e. The van der Waals surface area contributed by atoms with Crippen LogP contribution in [-0.4, -0.2) is 27.2 Å². The Kier molecular flexibility index (Phi) is 7.90. The summed E-state index contributed by atoms with van der Waals surface area (Å²) in [5.74, 6) is 1.10. The van der Waals surface area contributed by atoms with Gasteiger partial charge in [-0.15, -0.1) is 0 Å². The maximum atomic E-state index is 12.9. The molecule has 1 N–H and O–H groups in total. The Bertz CT molecular complexity index is 1000. The van der Waals surface area contributed by atoms with Crippen LogP contribution in [0.25, 0.3) is 0 Å². The summed E-state index contributed by atoms with van der Waals surface area (Å²) in [5.41, 5.74) is 3.51. The molecule has 31 heavy (non-hydrogen) atoms. The van der Waals surface area contributed by atoms with Crippen molar-refractivity contribution in [3.63, 3.8) is 0 Å². The largest absolute Gasteiger partial charge is 0.496 e. The van der Waals surface area contributed by atoms with E-state index in [-0.39, 0.29) is 5.91 Å². The SMILES string of the molecule is COc1cc(OC)c(C(=O)NCc2ccccc2COCc2ccccc2)cc1OC. The van der Waals surface area contributed by atoms with Gasteiger partial charge >= 0.3 is 0 Å². The fraction of sp³-hybridized carbons (Fsp3) is 0.240. The first kappa shape index (κ1) is 22.2. The number of hydrogen-bond acceptors (Lipinski definition) is 5. The van der Waals surface area contributed by atoms with E-state index >= 15 is 0 Å². The van der Waals surface area contributed by atoms with Gasteiger partial charge in [-0.1, -0.05) is 54.6 Å². The average molecular weight is 421 g/mol. The second kappa shape index (κ2) is 11.0. The second-order valence-electron chi connectivity index (χ2n) is 6.84. The highest BCUT2D eigenvalue weighted by Crippen LogP contribution is 2.34. The van der Waals surface area contributed by atoms with Crippen molar-refractivity contribution >= 4 is 5.91 Å². The molecule has 0 aliphatic rings. The van der Waals surface area contributed by atoms with Gasteiger partial charge in [0.25, 0.3) is 5.91 Å². The van der Waals surface area contributed by atoms with Crippen LogP contribution in [0.3, 0.4) is 0 Å². The molecule has 0 saturated heterocycles. The molecule has 0 bridgehead atoms. The molecule has 0 aliphatic heterocycles. The number of carbonyl (C=O) groups excluding carboxylic acids is 1. The maximum Gasteiger partial charge on any atom is 0.255 e. The van der Waals surface area contributed by atoms with Gasteiger partial charge in [-0.2, -0.15) is 0 Å². The van der Waals surface area contributed by atoms with Crippen molar-refractivity contribution in [2.24, 2.45) is 0 Å². The molecule has 0 spiro atoms. The van der Waals surface area contributed by atoms with Crippen molar-refractivity contribution in [3.05, 3.63) is 89.0 Å². The lowest BCUT2D eigenvalue weighted by Gasteiger charge is -2.15. The number of methoxy groups -OCH3 is 3. The van der Waals surface area contributed by atoms with E-state index in [1.807, 2.05) is 54.6 Å². The van der Waals surface area contributed by atoms with Crippen molar-refractivity contribution in [2.45, 2.75) is 19.8 Å². The minimum Gasteiger partial charge on any atom is -0.496 e. The summed E-state index contributed by atoms with van der Waals surface area (Å²) in [6.07, 6.45) is 0. The van der Waals surface area contributed by atoms with E-state index in [2.05, 4.69) is 5.32 Å². The van der Waals surface area contributed by atoms with E-state index in [1.54, 1.807) is 12.1 Å². The van der Waals surface area contributed by atoms with Crippen LogP contribution in [-0.2, 0) is 24.5 Å². The summed E-state index contributed by atoms with van der Waals surface area (Å²) >= 11 is 0. The fourth-order valence-corrected chi connectivity index (χ4v) is 3.20. The van der Waals surface area contributed by atoms with Crippen molar-refractivity contribution in [1.29, 1.82) is 0 Å². The first-order chi connectivity index (χ1) is 15.2. The molecular weight excluding hydrogens is 394 g/mol. The number of nitrogens with one attached hydrogen (secondary N) is 1. The molecule has 3 aromatic carbocycles. The number of benzene rings is 3. The Balaban J connectivity index is 1.67. The number of amides is 1. The molecule has 0 aliphatic carbocycles. The number of carbonyl (C=O) groups is 1. The lowest BCUT2D eigenvalue weighted by atomic mass is 10.1. The van der Waals surface area contributed by atoms with Crippen LogP contribution in [0.2, 0.25) is 0 Å². The first-order valence-electron chi connectivity index (χ1n) is 9.93. The lowest BCUT2D eigenvalue weighted by Crippen LogP contribution is -2.24. The Morgan fingerprint density at radius 1 is 0.742 bits per heavy atom. The Hall–Kier alpha value is -3.51. The quantitative estimate of drug-likeness (QED) is 0.527. The summed E-state index contributed by atoms with van der Waals surface area (Å²) < 4.78 is 21.8. The van der Waals surface area contributed by atoms with Crippen LogP contribution in [0.4, 0.5) is 0 Å². The third-order valence-electron chi connectivity index (χ3n) is 4.88. The predicted octanol–water partition coefficient (Wildman–Crippen LogP) is 4.36. The van der Waals surface area contributed by atoms with Crippen molar-refractivity contribution in [3.8, 4) is 17.2 Å². The number of rotatable bonds is 10. The Labute approximate surface area is 182 Å². The molecule has 0 aromatic heterocycles. The molecule has 0 unspecified atom stereocenters. The van der Waals surface area contributed by atoms with Crippen molar-refractivity contribution < 1.29 is 23.7 Å². The van der Waals surface area contributed by atoms with Gasteiger partial charge in [-0.05, 0) is 16.7 Å². The molecule has 3 rings (SSSR count). The van der Waals surface area contributed by atoms with Gasteiger partial charge in [0.05, 0.1) is 40.1 Å². The highest BCUT2D eigenvalue weighted by Gasteiger charge is 2.18. The molecule has 1 amide bonds. The topological polar surface area (TPSA) is 66.0 Å². The highest BCUT2D eigenvalue weighted by atomic mass is 16.5. The monoisotopic (exact) mass is 421 g/mol. The zero-order valence-corrected chi connectivity index (χ0v) is 18.0. The first-order valence-corrected chi connectivity index (χ1v) is 9.93. The van der Waals surface area contributed by atoms with Crippen LogP contribution in [0.15, 0.2) is 66.7 Å². The third kappa shape index (κ3) is 5.77. The number of ether oxygens (including phenoxy) is 4. The molecule has 6 heteroatoms. The average Bonchev–Trinajstić information content (AvgIpc) is 2.82. The van der Waals surface area contributed by atoms with Crippen LogP contribution >= 0.6 is 0 Å².